The number of nitrogen functional groups attached to an aromatic ring is 1. The first kappa shape index (κ1) is 16.1. The van der Waals surface area contributed by atoms with E-state index in [1.54, 1.807) is 18.2 Å². The molecule has 21 heavy (non-hydrogen) atoms. The summed E-state index contributed by atoms with van der Waals surface area (Å²) >= 11 is 5.85. The molecule has 3 N–H and O–H groups in total. The lowest BCUT2D eigenvalue weighted by molar-refractivity contribution is -0.117. The maximum absolute atomic E-state index is 12.1. The Morgan fingerprint density at radius 2 is 2.05 bits per heavy atom. The van der Waals surface area contributed by atoms with E-state index in [0.717, 1.165) is 5.92 Å². The first-order valence-electron chi connectivity index (χ1n) is 7.51. The van der Waals surface area contributed by atoms with Crippen LogP contribution in [0.15, 0.2) is 18.2 Å². The van der Waals surface area contributed by atoms with Gasteiger partial charge in [-0.2, -0.15) is 0 Å². The number of anilines is 2. The topological polar surface area (TPSA) is 58.4 Å². The number of carbonyl (C=O) groups is 1. The highest BCUT2D eigenvalue weighted by atomic mass is 35.5. The molecule has 2 rings (SSSR count). The van der Waals surface area contributed by atoms with Gasteiger partial charge in [-0.25, -0.2) is 0 Å². The van der Waals surface area contributed by atoms with E-state index in [-0.39, 0.29) is 5.91 Å². The van der Waals surface area contributed by atoms with Crippen LogP contribution in [0.3, 0.4) is 0 Å². The molecule has 0 aromatic heterocycles. The van der Waals surface area contributed by atoms with E-state index in [1.807, 2.05) is 7.05 Å². The molecule has 116 valence electrons. The molecule has 0 saturated heterocycles. The van der Waals surface area contributed by atoms with Crippen molar-refractivity contribution < 1.29 is 4.79 Å². The molecular weight excluding hydrogens is 286 g/mol. The second kappa shape index (κ2) is 7.14. The molecule has 0 aliphatic heterocycles. The van der Waals surface area contributed by atoms with Crippen molar-refractivity contribution >= 4 is 28.9 Å². The molecular formula is C16H24ClN3O. The molecule has 1 saturated carbocycles. The van der Waals surface area contributed by atoms with E-state index in [9.17, 15) is 4.79 Å². The van der Waals surface area contributed by atoms with Gasteiger partial charge in [0.05, 0.1) is 17.9 Å². The normalized spacial score (nSPS) is 22.3. The predicted molar refractivity (Wildman–Crippen MR) is 88.5 cm³/mol. The Kier molecular flexibility index (Phi) is 5.48. The van der Waals surface area contributed by atoms with Crippen LogP contribution < -0.4 is 11.1 Å². The fraction of sp³-hybridized carbons (Fsp3) is 0.562. The molecule has 0 heterocycles. The van der Waals surface area contributed by atoms with Crippen molar-refractivity contribution in [2.24, 2.45) is 5.92 Å². The van der Waals surface area contributed by atoms with Crippen molar-refractivity contribution in [3.8, 4) is 0 Å². The molecule has 0 spiro atoms. The van der Waals surface area contributed by atoms with Crippen LogP contribution in [0, 0.1) is 5.92 Å². The molecule has 0 unspecified atom stereocenters. The maximum Gasteiger partial charge on any atom is 0.238 e. The number of halogens is 1. The third-order valence-electron chi connectivity index (χ3n) is 4.29. The van der Waals surface area contributed by atoms with E-state index in [2.05, 4.69) is 17.1 Å². The smallest absolute Gasteiger partial charge is 0.238 e. The summed E-state index contributed by atoms with van der Waals surface area (Å²) in [5.74, 6) is 0.780. The highest BCUT2D eigenvalue weighted by Crippen LogP contribution is 2.26. The van der Waals surface area contributed by atoms with Crippen LogP contribution in [0.5, 0.6) is 0 Å². The molecule has 0 bridgehead atoms. The molecule has 1 aliphatic carbocycles. The van der Waals surface area contributed by atoms with Crippen LogP contribution >= 0.6 is 11.6 Å². The van der Waals surface area contributed by atoms with Crippen molar-refractivity contribution in [2.75, 3.05) is 24.6 Å². The summed E-state index contributed by atoms with van der Waals surface area (Å²) < 4.78 is 0. The number of amides is 1. The van der Waals surface area contributed by atoms with Gasteiger partial charge in [-0.1, -0.05) is 18.5 Å². The number of nitrogens with one attached hydrogen (secondary N) is 1. The number of carbonyl (C=O) groups excluding carboxylic acids is 1. The molecule has 1 aromatic carbocycles. The largest absolute Gasteiger partial charge is 0.397 e. The zero-order valence-electron chi connectivity index (χ0n) is 12.7. The third kappa shape index (κ3) is 4.61. The minimum absolute atomic E-state index is 0.0369. The van der Waals surface area contributed by atoms with Crippen LogP contribution in [-0.4, -0.2) is 30.4 Å². The minimum atomic E-state index is -0.0369. The number of hydrogen-bond donors (Lipinski definition) is 2. The quantitative estimate of drug-likeness (QED) is 0.838. The van der Waals surface area contributed by atoms with Gasteiger partial charge in [0.2, 0.25) is 5.91 Å². The van der Waals surface area contributed by atoms with Gasteiger partial charge in [0, 0.05) is 11.1 Å². The van der Waals surface area contributed by atoms with E-state index in [0.29, 0.717) is 29.0 Å². The zero-order valence-corrected chi connectivity index (χ0v) is 13.5. The van der Waals surface area contributed by atoms with Gasteiger partial charge in [0.25, 0.3) is 0 Å². The Morgan fingerprint density at radius 1 is 1.38 bits per heavy atom. The first-order valence-corrected chi connectivity index (χ1v) is 7.88. The fourth-order valence-electron chi connectivity index (χ4n) is 2.88. The fourth-order valence-corrected chi connectivity index (χ4v) is 3.06. The van der Waals surface area contributed by atoms with Crippen molar-refractivity contribution in [2.45, 2.75) is 38.6 Å². The summed E-state index contributed by atoms with van der Waals surface area (Å²) in [6.45, 7) is 2.69. The van der Waals surface area contributed by atoms with E-state index < -0.39 is 0 Å². The lowest BCUT2D eigenvalue weighted by Gasteiger charge is -2.33. The van der Waals surface area contributed by atoms with Crippen LogP contribution in [0.25, 0.3) is 0 Å². The molecule has 1 amide bonds. The first-order chi connectivity index (χ1) is 9.95. The van der Waals surface area contributed by atoms with Crippen molar-refractivity contribution in [1.82, 2.24) is 4.90 Å². The van der Waals surface area contributed by atoms with Gasteiger partial charge in [-0.3, -0.25) is 9.69 Å². The highest BCUT2D eigenvalue weighted by Gasteiger charge is 2.23. The number of benzene rings is 1. The second-order valence-corrected chi connectivity index (χ2v) is 6.54. The Balaban J connectivity index is 1.86. The average Bonchev–Trinajstić information content (AvgIpc) is 2.42. The van der Waals surface area contributed by atoms with Crippen molar-refractivity contribution in [1.29, 1.82) is 0 Å². The summed E-state index contributed by atoms with van der Waals surface area (Å²) in [5, 5.41) is 3.42. The Morgan fingerprint density at radius 3 is 2.67 bits per heavy atom. The Bertz CT molecular complexity index is 498. The summed E-state index contributed by atoms with van der Waals surface area (Å²) in [6, 6.07) is 5.61. The summed E-state index contributed by atoms with van der Waals surface area (Å²) in [5.41, 5.74) is 6.96. The van der Waals surface area contributed by atoms with Gasteiger partial charge < -0.3 is 11.1 Å². The monoisotopic (exact) mass is 309 g/mol. The number of likely N-dealkylation sites (N-methyl/N-ethyl adjacent to an activating group) is 1. The lowest BCUT2D eigenvalue weighted by atomic mass is 9.87. The van der Waals surface area contributed by atoms with E-state index >= 15 is 0 Å². The molecule has 1 aromatic rings. The van der Waals surface area contributed by atoms with E-state index in [4.69, 9.17) is 17.3 Å². The predicted octanol–water partition coefficient (Wildman–Crippen LogP) is 3.37. The van der Waals surface area contributed by atoms with Crippen LogP contribution in [0.1, 0.15) is 32.6 Å². The summed E-state index contributed by atoms with van der Waals surface area (Å²) in [6.07, 6.45) is 4.85. The van der Waals surface area contributed by atoms with Gasteiger partial charge in [-0.05, 0) is 56.8 Å². The highest BCUT2D eigenvalue weighted by molar-refractivity contribution is 6.31. The minimum Gasteiger partial charge on any atom is -0.397 e. The van der Waals surface area contributed by atoms with Gasteiger partial charge in [0.1, 0.15) is 0 Å². The number of rotatable bonds is 4. The van der Waals surface area contributed by atoms with Crippen LogP contribution in [-0.2, 0) is 4.79 Å². The SMILES string of the molecule is CC1CCC(N(C)CC(=O)Nc2ccc(Cl)cc2N)CC1. The van der Waals surface area contributed by atoms with E-state index in [1.165, 1.54) is 25.7 Å². The zero-order chi connectivity index (χ0) is 15.4. The van der Waals surface area contributed by atoms with Crippen LogP contribution in [0.4, 0.5) is 11.4 Å². The molecule has 0 radical (unpaired) electrons. The van der Waals surface area contributed by atoms with Crippen molar-refractivity contribution in [3.05, 3.63) is 23.2 Å². The molecule has 1 aliphatic rings. The van der Waals surface area contributed by atoms with Crippen LogP contribution in [0.2, 0.25) is 5.02 Å². The summed E-state index contributed by atoms with van der Waals surface area (Å²) in [7, 11) is 2.02. The molecule has 4 nitrogen and oxygen atoms in total. The van der Waals surface area contributed by atoms with Crippen molar-refractivity contribution in [3.63, 3.8) is 0 Å². The number of nitrogens with zero attached hydrogens (tertiary/aromatic N) is 1. The van der Waals surface area contributed by atoms with Gasteiger partial charge >= 0.3 is 0 Å². The maximum atomic E-state index is 12.1. The number of nitrogens with two attached hydrogens (primary N) is 1. The lowest BCUT2D eigenvalue weighted by Crippen LogP contribution is -2.39. The summed E-state index contributed by atoms with van der Waals surface area (Å²) in [4.78, 5) is 14.3. The second-order valence-electron chi connectivity index (χ2n) is 6.11. The molecule has 0 atom stereocenters. The standard InChI is InChI=1S/C16H24ClN3O/c1-11-3-6-13(7-4-11)20(2)10-16(21)19-15-8-5-12(17)9-14(15)18/h5,8-9,11,13H,3-4,6-7,10,18H2,1-2H3,(H,19,21). The molecule has 5 heteroatoms. The Labute approximate surface area is 131 Å². The van der Waals surface area contributed by atoms with Gasteiger partial charge in [0.15, 0.2) is 0 Å². The average molecular weight is 310 g/mol. The molecule has 1 fully saturated rings. The number of hydrogen-bond acceptors (Lipinski definition) is 3. The Hall–Kier alpha value is -1.26. The van der Waals surface area contributed by atoms with Gasteiger partial charge in [-0.15, -0.1) is 0 Å². The third-order valence-corrected chi connectivity index (χ3v) is 4.52.